The van der Waals surface area contributed by atoms with E-state index in [0.717, 1.165) is 17.8 Å². The number of benzene rings is 2. The molecular formula is C18H15F3N4O3S. The van der Waals surface area contributed by atoms with Gasteiger partial charge in [-0.3, -0.25) is 4.79 Å². The fourth-order valence-electron chi connectivity index (χ4n) is 2.34. The minimum absolute atomic E-state index is 0.275. The van der Waals surface area contributed by atoms with E-state index >= 15 is 0 Å². The van der Waals surface area contributed by atoms with E-state index in [1.807, 2.05) is 30.3 Å². The van der Waals surface area contributed by atoms with Gasteiger partial charge in [0.05, 0.1) is 22.3 Å². The Morgan fingerprint density at radius 2 is 1.69 bits per heavy atom. The molecule has 3 rings (SSSR count). The van der Waals surface area contributed by atoms with E-state index in [1.54, 1.807) is 0 Å². The second-order valence-corrected chi connectivity index (χ2v) is 7.69. The first-order chi connectivity index (χ1) is 13.6. The number of carbonyl (C=O) groups is 1. The third-order valence-electron chi connectivity index (χ3n) is 3.75. The third-order valence-corrected chi connectivity index (χ3v) is 5.17. The molecule has 0 atom stereocenters. The van der Waals surface area contributed by atoms with Gasteiger partial charge in [0.25, 0.3) is 5.91 Å². The zero-order chi connectivity index (χ0) is 21.1. The van der Waals surface area contributed by atoms with Crippen molar-refractivity contribution in [1.82, 2.24) is 14.5 Å². The first-order valence-corrected chi connectivity index (χ1v) is 9.70. The van der Waals surface area contributed by atoms with Crippen molar-refractivity contribution in [3.8, 4) is 5.69 Å². The van der Waals surface area contributed by atoms with E-state index in [-0.39, 0.29) is 16.1 Å². The van der Waals surface area contributed by atoms with Crippen molar-refractivity contribution in [1.29, 1.82) is 0 Å². The molecule has 3 aromatic rings. The standard InChI is InChI=1S/C18H15F3N4O3S/c19-18(20,21)12-23-29(27,28)16-8-6-14(7-9-16)24-17(26)13-10-22-25(11-13)15-4-2-1-3-5-15/h1-11,23H,12H2,(H,24,26). The van der Waals surface area contributed by atoms with Crippen molar-refractivity contribution in [3.63, 3.8) is 0 Å². The van der Waals surface area contributed by atoms with Gasteiger partial charge in [-0.15, -0.1) is 0 Å². The Labute approximate surface area is 164 Å². The summed E-state index contributed by atoms with van der Waals surface area (Å²) in [6.07, 6.45) is -1.75. The lowest BCUT2D eigenvalue weighted by Crippen LogP contribution is -2.33. The SMILES string of the molecule is O=C(Nc1ccc(S(=O)(=O)NCC(F)(F)F)cc1)c1cnn(-c2ccccc2)c1. The Morgan fingerprint density at radius 3 is 2.31 bits per heavy atom. The van der Waals surface area contributed by atoms with Crippen LogP contribution in [0.4, 0.5) is 18.9 Å². The summed E-state index contributed by atoms with van der Waals surface area (Å²) in [6.45, 7) is -1.67. The molecule has 7 nitrogen and oxygen atoms in total. The average molecular weight is 424 g/mol. The van der Waals surface area contributed by atoms with Crippen LogP contribution >= 0.6 is 0 Å². The van der Waals surface area contributed by atoms with E-state index in [2.05, 4.69) is 10.4 Å². The molecule has 1 aromatic heterocycles. The molecule has 0 fully saturated rings. The van der Waals surface area contributed by atoms with Crippen LogP contribution in [0.15, 0.2) is 71.9 Å². The van der Waals surface area contributed by atoms with Gasteiger partial charge >= 0.3 is 6.18 Å². The first kappa shape index (κ1) is 20.6. The molecule has 11 heteroatoms. The summed E-state index contributed by atoms with van der Waals surface area (Å²) < 4.78 is 63.3. The summed E-state index contributed by atoms with van der Waals surface area (Å²) in [5, 5.41) is 6.68. The largest absolute Gasteiger partial charge is 0.402 e. The van der Waals surface area contributed by atoms with Gasteiger partial charge in [0.2, 0.25) is 10.0 Å². The first-order valence-electron chi connectivity index (χ1n) is 8.22. The highest BCUT2D eigenvalue weighted by atomic mass is 32.2. The fraction of sp³-hybridized carbons (Fsp3) is 0.111. The van der Waals surface area contributed by atoms with Crippen LogP contribution in [0.2, 0.25) is 0 Å². The van der Waals surface area contributed by atoms with Gasteiger partial charge < -0.3 is 5.32 Å². The highest BCUT2D eigenvalue weighted by molar-refractivity contribution is 7.89. The minimum atomic E-state index is -4.66. The molecule has 152 valence electrons. The van der Waals surface area contributed by atoms with Crippen LogP contribution in [0.5, 0.6) is 0 Å². The summed E-state index contributed by atoms with van der Waals surface area (Å²) in [5.41, 5.74) is 1.32. The molecule has 0 unspecified atom stereocenters. The maximum atomic E-state index is 12.3. The van der Waals surface area contributed by atoms with Gasteiger partial charge in [0.1, 0.15) is 6.54 Å². The van der Waals surface area contributed by atoms with E-state index < -0.39 is 28.7 Å². The number of halogens is 3. The number of para-hydroxylation sites is 1. The molecule has 2 N–H and O–H groups in total. The van der Waals surface area contributed by atoms with E-state index in [0.29, 0.717) is 0 Å². The molecule has 0 aliphatic rings. The number of anilines is 1. The lowest BCUT2D eigenvalue weighted by atomic mass is 10.3. The van der Waals surface area contributed by atoms with Gasteiger partial charge in [-0.25, -0.2) is 17.8 Å². The summed E-state index contributed by atoms with van der Waals surface area (Å²) in [4.78, 5) is 12.0. The Kier molecular flexibility index (Phi) is 5.71. The van der Waals surface area contributed by atoms with Crippen LogP contribution in [0.1, 0.15) is 10.4 Å². The smallest absolute Gasteiger partial charge is 0.322 e. The van der Waals surface area contributed by atoms with Gasteiger partial charge in [0.15, 0.2) is 0 Å². The van der Waals surface area contributed by atoms with Crippen LogP contribution in [0.25, 0.3) is 5.69 Å². The number of alkyl halides is 3. The minimum Gasteiger partial charge on any atom is -0.322 e. The predicted octanol–water partition coefficient (Wildman–Crippen LogP) is 2.97. The highest BCUT2D eigenvalue weighted by Crippen LogP contribution is 2.18. The number of rotatable bonds is 6. The number of hydrogen-bond donors (Lipinski definition) is 2. The van der Waals surface area contributed by atoms with Crippen molar-refractivity contribution < 1.29 is 26.4 Å². The number of hydrogen-bond acceptors (Lipinski definition) is 4. The van der Waals surface area contributed by atoms with E-state index in [4.69, 9.17) is 0 Å². The molecule has 1 amide bonds. The molecule has 29 heavy (non-hydrogen) atoms. The maximum Gasteiger partial charge on any atom is 0.402 e. The monoisotopic (exact) mass is 424 g/mol. The summed E-state index contributed by atoms with van der Waals surface area (Å²) in [6, 6.07) is 13.9. The zero-order valence-electron chi connectivity index (χ0n) is 14.7. The Hall–Kier alpha value is -3.18. The topological polar surface area (TPSA) is 93.1 Å². The molecule has 0 bridgehead atoms. The quantitative estimate of drug-likeness (QED) is 0.636. The highest BCUT2D eigenvalue weighted by Gasteiger charge is 2.30. The van der Waals surface area contributed by atoms with Crippen LogP contribution < -0.4 is 10.0 Å². The van der Waals surface area contributed by atoms with Crippen molar-refractivity contribution in [2.75, 3.05) is 11.9 Å². The fourth-order valence-corrected chi connectivity index (χ4v) is 3.36. The second kappa shape index (κ2) is 8.05. The number of carbonyl (C=O) groups excluding carboxylic acids is 1. The van der Waals surface area contributed by atoms with Gasteiger partial charge in [-0.1, -0.05) is 18.2 Å². The third kappa shape index (κ3) is 5.42. The van der Waals surface area contributed by atoms with Gasteiger partial charge in [-0.05, 0) is 36.4 Å². The maximum absolute atomic E-state index is 12.3. The van der Waals surface area contributed by atoms with Crippen molar-refractivity contribution in [3.05, 3.63) is 72.6 Å². The van der Waals surface area contributed by atoms with Crippen molar-refractivity contribution in [2.24, 2.45) is 0 Å². The molecule has 2 aromatic carbocycles. The number of nitrogens with zero attached hydrogens (tertiary/aromatic N) is 2. The lowest BCUT2D eigenvalue weighted by Gasteiger charge is -2.10. The predicted molar refractivity (Wildman–Crippen MR) is 99.2 cm³/mol. The van der Waals surface area contributed by atoms with Crippen LogP contribution in [-0.4, -0.2) is 36.8 Å². The number of nitrogens with one attached hydrogen (secondary N) is 2. The van der Waals surface area contributed by atoms with Crippen molar-refractivity contribution >= 4 is 21.6 Å². The zero-order valence-corrected chi connectivity index (χ0v) is 15.5. The van der Waals surface area contributed by atoms with Crippen molar-refractivity contribution in [2.45, 2.75) is 11.1 Å². The lowest BCUT2D eigenvalue weighted by molar-refractivity contribution is -0.121. The van der Waals surface area contributed by atoms with Gasteiger partial charge in [-0.2, -0.15) is 18.3 Å². The molecule has 0 aliphatic heterocycles. The number of sulfonamides is 1. The summed E-state index contributed by atoms with van der Waals surface area (Å²) >= 11 is 0. The summed E-state index contributed by atoms with van der Waals surface area (Å²) in [5.74, 6) is -0.474. The number of aromatic nitrogens is 2. The van der Waals surface area contributed by atoms with E-state index in [9.17, 15) is 26.4 Å². The molecule has 0 saturated heterocycles. The Bertz CT molecular complexity index is 1100. The number of amides is 1. The average Bonchev–Trinajstić information content (AvgIpc) is 3.18. The van der Waals surface area contributed by atoms with Crippen LogP contribution in [0.3, 0.4) is 0 Å². The molecule has 0 radical (unpaired) electrons. The molecule has 0 aliphatic carbocycles. The second-order valence-electron chi connectivity index (χ2n) is 5.93. The van der Waals surface area contributed by atoms with E-state index in [1.165, 1.54) is 33.9 Å². The summed E-state index contributed by atoms with van der Waals surface area (Å²) in [7, 11) is -4.31. The molecule has 0 spiro atoms. The molecular weight excluding hydrogens is 409 g/mol. The van der Waals surface area contributed by atoms with Crippen LogP contribution in [-0.2, 0) is 10.0 Å². The normalized spacial score (nSPS) is 12.0. The molecule has 1 heterocycles. The van der Waals surface area contributed by atoms with Crippen LogP contribution in [0, 0.1) is 0 Å². The Morgan fingerprint density at radius 1 is 1.03 bits per heavy atom. The molecule has 0 saturated carbocycles. The van der Waals surface area contributed by atoms with Gasteiger partial charge in [0, 0.05) is 11.9 Å². The Balaban J connectivity index is 1.67.